The molecule has 0 atom stereocenters. The first-order valence-corrected chi connectivity index (χ1v) is 10.9. The maximum absolute atomic E-state index is 12.4. The number of carbonyl (C=O) groups is 1. The molecule has 1 fully saturated rings. The summed E-state index contributed by atoms with van der Waals surface area (Å²) >= 11 is 6.30. The number of hydrogen-bond acceptors (Lipinski definition) is 4. The molecule has 1 amide bonds. The number of fused-ring (bicyclic) bond motifs is 2. The molecule has 2 aliphatic heterocycles. The molecular formula is C23H29Cl4N5O. The monoisotopic (exact) mass is 531 g/mol. The first kappa shape index (κ1) is 27.7. The van der Waals surface area contributed by atoms with Crippen molar-refractivity contribution in [1.29, 1.82) is 0 Å². The molecule has 0 unspecified atom stereocenters. The maximum Gasteiger partial charge on any atom is 0.252 e. The third-order valence-corrected chi connectivity index (χ3v) is 6.55. The van der Waals surface area contributed by atoms with Gasteiger partial charge in [0.25, 0.3) is 5.91 Å². The van der Waals surface area contributed by atoms with E-state index in [9.17, 15) is 4.79 Å². The third kappa shape index (κ3) is 5.60. The minimum absolute atomic E-state index is 0. The van der Waals surface area contributed by atoms with E-state index in [1.165, 1.54) is 5.56 Å². The van der Waals surface area contributed by atoms with Crippen LogP contribution in [0, 0.1) is 0 Å². The molecule has 6 nitrogen and oxygen atoms in total. The van der Waals surface area contributed by atoms with Gasteiger partial charge in [0.2, 0.25) is 0 Å². The molecule has 1 aromatic heterocycles. The molecule has 10 heteroatoms. The van der Waals surface area contributed by atoms with Crippen molar-refractivity contribution in [2.45, 2.75) is 13.1 Å². The maximum atomic E-state index is 12.4. The second-order valence-corrected chi connectivity index (χ2v) is 8.55. The van der Waals surface area contributed by atoms with Crippen LogP contribution in [0.5, 0.6) is 0 Å². The molecular weight excluding hydrogens is 504 g/mol. The summed E-state index contributed by atoms with van der Waals surface area (Å²) in [6.45, 7) is 7.46. The van der Waals surface area contributed by atoms with Crippen LogP contribution in [-0.4, -0.2) is 60.0 Å². The number of hydrogen-bond donors (Lipinski definition) is 3. The van der Waals surface area contributed by atoms with Gasteiger partial charge in [-0.05, 0) is 29.8 Å². The number of H-pyrrole nitrogens is 1. The Labute approximate surface area is 217 Å². The van der Waals surface area contributed by atoms with Gasteiger partial charge in [0.05, 0.1) is 5.56 Å². The Morgan fingerprint density at radius 1 is 0.970 bits per heavy atom. The van der Waals surface area contributed by atoms with Gasteiger partial charge in [0.15, 0.2) is 0 Å². The zero-order valence-electron chi connectivity index (χ0n) is 18.1. The zero-order valence-corrected chi connectivity index (χ0v) is 21.3. The van der Waals surface area contributed by atoms with Gasteiger partial charge >= 0.3 is 0 Å². The summed E-state index contributed by atoms with van der Waals surface area (Å²) in [6.07, 6.45) is 0. The van der Waals surface area contributed by atoms with Crippen LogP contribution in [0.3, 0.4) is 0 Å². The van der Waals surface area contributed by atoms with Crippen molar-refractivity contribution in [3.05, 3.63) is 58.1 Å². The summed E-state index contributed by atoms with van der Waals surface area (Å²) in [5.41, 5.74) is 11.5. The van der Waals surface area contributed by atoms with Gasteiger partial charge in [-0.2, -0.15) is 0 Å². The molecule has 0 aliphatic carbocycles. The van der Waals surface area contributed by atoms with Gasteiger partial charge in [-0.1, -0.05) is 23.7 Å². The lowest BCUT2D eigenvalue weighted by Crippen LogP contribution is -2.47. The molecule has 33 heavy (non-hydrogen) atoms. The van der Waals surface area contributed by atoms with E-state index in [2.05, 4.69) is 44.4 Å². The van der Waals surface area contributed by atoms with E-state index in [0.717, 1.165) is 73.5 Å². The Kier molecular flexibility index (Phi) is 9.88. The largest absolute Gasteiger partial charge is 0.355 e. The summed E-state index contributed by atoms with van der Waals surface area (Å²) in [5, 5.41) is 4.68. The van der Waals surface area contributed by atoms with E-state index in [1.807, 2.05) is 12.1 Å². The summed E-state index contributed by atoms with van der Waals surface area (Å²) in [7, 11) is 0. The molecule has 0 spiro atoms. The number of rotatable bonds is 5. The molecule has 4 N–H and O–H groups in total. The number of aromatic nitrogens is 1. The lowest BCUT2D eigenvalue weighted by Gasteiger charge is -2.34. The predicted octanol–water partition coefficient (Wildman–Crippen LogP) is 4.07. The number of benzene rings is 2. The highest BCUT2D eigenvalue weighted by Gasteiger charge is 2.26. The fourth-order valence-electron chi connectivity index (χ4n) is 4.57. The number of nitrogens with two attached hydrogens (primary N) is 1. The molecule has 0 radical (unpaired) electrons. The average Bonchev–Trinajstić information content (AvgIpc) is 3.34. The summed E-state index contributed by atoms with van der Waals surface area (Å²) in [4.78, 5) is 20.8. The van der Waals surface area contributed by atoms with Crippen molar-refractivity contribution < 1.29 is 4.79 Å². The number of piperazine rings is 1. The van der Waals surface area contributed by atoms with Gasteiger partial charge in [-0.25, -0.2) is 0 Å². The fraction of sp³-hybridized carbons (Fsp3) is 0.348. The lowest BCUT2D eigenvalue weighted by atomic mass is 10.0. The standard InChI is InChI=1S/C23H26ClN5O.3ClH/c24-19-3-2-17(22-18(19)13-26-23(22)30)21-12-16-11-15(1-4-20(16)27-21)14-29-9-7-28(6-5-25)8-10-29;;;/h1-4,11-12,27H,5-10,13-14,25H2,(H,26,30);3*1H. The number of carbonyl (C=O) groups excluding carboxylic acids is 1. The van der Waals surface area contributed by atoms with Crippen LogP contribution < -0.4 is 11.1 Å². The third-order valence-electron chi connectivity index (χ3n) is 6.20. The van der Waals surface area contributed by atoms with Crippen molar-refractivity contribution in [3.8, 4) is 11.3 Å². The Morgan fingerprint density at radius 2 is 1.70 bits per heavy atom. The molecule has 0 bridgehead atoms. The van der Waals surface area contributed by atoms with Crippen molar-refractivity contribution in [3.63, 3.8) is 0 Å². The average molecular weight is 533 g/mol. The van der Waals surface area contributed by atoms with E-state index < -0.39 is 0 Å². The smallest absolute Gasteiger partial charge is 0.252 e. The van der Waals surface area contributed by atoms with Crippen LogP contribution >= 0.6 is 48.8 Å². The number of nitrogens with zero attached hydrogens (tertiary/aromatic N) is 2. The van der Waals surface area contributed by atoms with E-state index in [1.54, 1.807) is 0 Å². The summed E-state index contributed by atoms with van der Waals surface area (Å²) in [6, 6.07) is 12.5. The SMILES string of the molecule is Cl.Cl.Cl.NCCN1CCN(Cc2ccc3[nH]c(-c4ccc(Cl)c5c4C(=O)NC5)cc3c2)CC1. The molecule has 180 valence electrons. The molecule has 5 rings (SSSR count). The Morgan fingerprint density at radius 3 is 2.42 bits per heavy atom. The van der Waals surface area contributed by atoms with Crippen molar-refractivity contribution in [2.24, 2.45) is 5.73 Å². The van der Waals surface area contributed by atoms with E-state index >= 15 is 0 Å². The van der Waals surface area contributed by atoms with Crippen LogP contribution in [0.15, 0.2) is 36.4 Å². The van der Waals surface area contributed by atoms with Gasteiger partial charge in [-0.15, -0.1) is 37.2 Å². The Bertz CT molecular complexity index is 1110. The number of aromatic amines is 1. The van der Waals surface area contributed by atoms with Crippen LogP contribution in [-0.2, 0) is 13.1 Å². The molecule has 0 saturated carbocycles. The van der Waals surface area contributed by atoms with Crippen LogP contribution in [0.2, 0.25) is 5.02 Å². The Hall–Kier alpha value is -1.51. The van der Waals surface area contributed by atoms with Gasteiger partial charge in [0.1, 0.15) is 0 Å². The van der Waals surface area contributed by atoms with E-state index in [4.69, 9.17) is 17.3 Å². The lowest BCUT2D eigenvalue weighted by molar-refractivity contribution is 0.0966. The van der Waals surface area contributed by atoms with Gasteiger partial charge in [0, 0.05) is 85.1 Å². The van der Waals surface area contributed by atoms with Gasteiger partial charge in [-0.3, -0.25) is 14.6 Å². The second kappa shape index (κ2) is 11.8. The van der Waals surface area contributed by atoms with E-state index in [-0.39, 0.29) is 43.1 Å². The first-order valence-electron chi connectivity index (χ1n) is 10.5. The molecule has 2 aromatic carbocycles. The normalized spacial score (nSPS) is 15.9. The highest BCUT2D eigenvalue weighted by atomic mass is 35.5. The first-order chi connectivity index (χ1) is 14.6. The van der Waals surface area contributed by atoms with Crippen LogP contribution in [0.4, 0.5) is 0 Å². The van der Waals surface area contributed by atoms with Crippen molar-refractivity contribution in [2.75, 3.05) is 39.3 Å². The van der Waals surface area contributed by atoms with Crippen molar-refractivity contribution >= 4 is 65.6 Å². The summed E-state index contributed by atoms with van der Waals surface area (Å²) in [5.74, 6) is -0.0596. The molecule has 1 saturated heterocycles. The quantitative estimate of drug-likeness (QED) is 0.463. The highest BCUT2D eigenvalue weighted by Crippen LogP contribution is 2.34. The predicted molar refractivity (Wildman–Crippen MR) is 142 cm³/mol. The summed E-state index contributed by atoms with van der Waals surface area (Å²) < 4.78 is 0. The molecule has 3 heterocycles. The fourth-order valence-corrected chi connectivity index (χ4v) is 4.80. The number of nitrogens with one attached hydrogen (secondary N) is 2. The minimum atomic E-state index is -0.0596. The highest BCUT2D eigenvalue weighted by molar-refractivity contribution is 6.32. The van der Waals surface area contributed by atoms with E-state index in [0.29, 0.717) is 17.1 Å². The second-order valence-electron chi connectivity index (χ2n) is 8.14. The minimum Gasteiger partial charge on any atom is -0.355 e. The Balaban J connectivity index is 0.00000128. The van der Waals surface area contributed by atoms with Crippen LogP contribution in [0.1, 0.15) is 21.5 Å². The van der Waals surface area contributed by atoms with Crippen LogP contribution in [0.25, 0.3) is 22.2 Å². The topological polar surface area (TPSA) is 77.4 Å². The number of amides is 1. The molecule has 3 aromatic rings. The number of halogens is 4. The zero-order chi connectivity index (χ0) is 20.7. The molecule has 2 aliphatic rings. The van der Waals surface area contributed by atoms with Crippen molar-refractivity contribution in [1.82, 2.24) is 20.1 Å². The van der Waals surface area contributed by atoms with Gasteiger partial charge < -0.3 is 16.0 Å².